The van der Waals surface area contributed by atoms with Crippen molar-refractivity contribution in [3.05, 3.63) is 104 Å². The smallest absolute Gasteiger partial charge is 0.251 e. The topological polar surface area (TPSA) is 49.4 Å². The molecular formula is C26H23Cl3N2O2S2. The summed E-state index contributed by atoms with van der Waals surface area (Å²) in [5.41, 5.74) is 3.53. The van der Waals surface area contributed by atoms with E-state index >= 15 is 0 Å². The minimum Gasteiger partial charge on any atom is -0.351 e. The number of nitrogens with zero attached hydrogens (tertiary/aromatic N) is 1. The number of halogens is 3. The third-order valence-corrected chi connectivity index (χ3v) is 8.73. The molecule has 0 aliphatic carbocycles. The van der Waals surface area contributed by atoms with Gasteiger partial charge in [0.2, 0.25) is 5.91 Å². The van der Waals surface area contributed by atoms with E-state index in [9.17, 15) is 9.59 Å². The summed E-state index contributed by atoms with van der Waals surface area (Å²) in [6, 6.07) is 20.5. The Bertz CT molecular complexity index is 1170. The van der Waals surface area contributed by atoms with Crippen molar-refractivity contribution < 1.29 is 9.59 Å². The monoisotopic (exact) mass is 564 g/mol. The minimum atomic E-state index is -0.124. The van der Waals surface area contributed by atoms with Gasteiger partial charge in [-0.25, -0.2) is 0 Å². The predicted octanol–water partition coefficient (Wildman–Crippen LogP) is 7.08. The highest BCUT2D eigenvalue weighted by Gasteiger charge is 2.32. The van der Waals surface area contributed by atoms with Crippen LogP contribution in [-0.4, -0.2) is 34.8 Å². The van der Waals surface area contributed by atoms with E-state index in [-0.39, 0.29) is 17.2 Å². The fraction of sp³-hybridized carbons (Fsp3) is 0.231. The number of thioether (sulfide) groups is 2. The number of amides is 2. The number of carbonyl (C=O) groups is 2. The molecule has 9 heteroatoms. The molecule has 4 rings (SSSR count). The Morgan fingerprint density at radius 3 is 2.37 bits per heavy atom. The third kappa shape index (κ3) is 6.89. The average molecular weight is 566 g/mol. The van der Waals surface area contributed by atoms with Crippen molar-refractivity contribution in [2.24, 2.45) is 0 Å². The molecule has 3 aromatic carbocycles. The maximum absolute atomic E-state index is 12.6. The maximum atomic E-state index is 12.6. The lowest BCUT2D eigenvalue weighted by Crippen LogP contribution is -2.28. The van der Waals surface area contributed by atoms with E-state index in [1.807, 2.05) is 71.6 Å². The molecule has 1 heterocycles. The van der Waals surface area contributed by atoms with E-state index in [4.69, 9.17) is 34.8 Å². The van der Waals surface area contributed by atoms with Crippen LogP contribution in [0.1, 0.15) is 32.4 Å². The highest BCUT2D eigenvalue weighted by Crippen LogP contribution is 2.39. The molecule has 182 valence electrons. The summed E-state index contributed by atoms with van der Waals surface area (Å²) in [6.07, 6.45) is 0. The van der Waals surface area contributed by atoms with Gasteiger partial charge in [-0.15, -0.1) is 11.8 Å². The van der Waals surface area contributed by atoms with Crippen LogP contribution in [0.2, 0.25) is 15.1 Å². The largest absolute Gasteiger partial charge is 0.351 e. The Balaban J connectivity index is 1.28. The summed E-state index contributed by atoms with van der Waals surface area (Å²) >= 11 is 21.6. The molecule has 0 radical (unpaired) electrons. The lowest BCUT2D eigenvalue weighted by atomic mass is 10.1. The zero-order valence-corrected chi connectivity index (χ0v) is 22.6. The SMILES string of the molecule is O=C(NCCSCc1c(Cl)cccc1Cl)c1ccc([C@@H]2SCC(=O)N2Cc2ccc(Cl)cc2)cc1. The van der Waals surface area contributed by atoms with Gasteiger partial charge >= 0.3 is 0 Å². The van der Waals surface area contributed by atoms with Crippen molar-refractivity contribution in [1.82, 2.24) is 10.2 Å². The molecule has 4 nitrogen and oxygen atoms in total. The second-order valence-corrected chi connectivity index (χ2v) is 11.4. The molecule has 0 unspecified atom stereocenters. The van der Waals surface area contributed by atoms with Gasteiger partial charge in [-0.05, 0) is 53.1 Å². The van der Waals surface area contributed by atoms with Crippen molar-refractivity contribution in [2.75, 3.05) is 18.1 Å². The lowest BCUT2D eigenvalue weighted by Gasteiger charge is -2.24. The van der Waals surface area contributed by atoms with Crippen molar-refractivity contribution in [3.8, 4) is 0 Å². The van der Waals surface area contributed by atoms with Crippen LogP contribution in [-0.2, 0) is 17.1 Å². The van der Waals surface area contributed by atoms with Crippen molar-refractivity contribution >= 4 is 70.1 Å². The van der Waals surface area contributed by atoms with Crippen LogP contribution in [0.25, 0.3) is 0 Å². The van der Waals surface area contributed by atoms with E-state index in [0.29, 0.717) is 45.2 Å². The van der Waals surface area contributed by atoms with Crippen LogP contribution in [0, 0.1) is 0 Å². The Hall–Kier alpha value is -1.83. The van der Waals surface area contributed by atoms with Crippen molar-refractivity contribution in [2.45, 2.75) is 17.7 Å². The molecule has 2 amide bonds. The van der Waals surface area contributed by atoms with E-state index in [0.717, 1.165) is 22.4 Å². The number of carbonyl (C=O) groups excluding carboxylic acids is 2. The molecule has 3 aromatic rings. The standard InChI is InChI=1S/C26H23Cl3N2O2S2/c27-20-10-4-17(5-11-20)14-31-24(32)16-35-26(31)19-8-6-18(7-9-19)25(33)30-12-13-34-15-21-22(28)2-1-3-23(21)29/h1-11,26H,12-16H2,(H,30,33)/t26-/m0/s1. The van der Waals surface area contributed by atoms with Gasteiger partial charge in [0.05, 0.1) is 5.75 Å². The van der Waals surface area contributed by atoms with E-state index in [2.05, 4.69) is 5.32 Å². The first-order valence-corrected chi connectivity index (χ1v) is 14.3. The zero-order valence-electron chi connectivity index (χ0n) is 18.7. The summed E-state index contributed by atoms with van der Waals surface area (Å²) < 4.78 is 0. The van der Waals surface area contributed by atoms with Crippen molar-refractivity contribution in [1.29, 1.82) is 0 Å². The Kier molecular flexibility index (Phi) is 9.31. The van der Waals surface area contributed by atoms with Crippen LogP contribution in [0.15, 0.2) is 66.7 Å². The number of rotatable bonds is 9. The maximum Gasteiger partial charge on any atom is 0.251 e. The number of hydrogen-bond donors (Lipinski definition) is 1. The Morgan fingerprint density at radius 2 is 1.69 bits per heavy atom. The normalized spacial score (nSPS) is 15.5. The Morgan fingerprint density at radius 1 is 1.00 bits per heavy atom. The lowest BCUT2D eigenvalue weighted by molar-refractivity contribution is -0.128. The first kappa shape index (κ1) is 26.2. The highest BCUT2D eigenvalue weighted by molar-refractivity contribution is 8.00. The molecule has 0 bridgehead atoms. The molecule has 0 saturated carbocycles. The van der Waals surface area contributed by atoms with Gasteiger partial charge in [0.25, 0.3) is 5.91 Å². The van der Waals surface area contributed by atoms with E-state index in [1.165, 1.54) is 0 Å². The van der Waals surface area contributed by atoms with Crippen LogP contribution in [0.4, 0.5) is 0 Å². The highest BCUT2D eigenvalue weighted by atomic mass is 35.5. The van der Waals surface area contributed by atoms with Gasteiger partial charge in [0.15, 0.2) is 0 Å². The Labute approximate surface area is 228 Å². The average Bonchev–Trinajstić information content (AvgIpc) is 3.21. The molecular weight excluding hydrogens is 543 g/mol. The first-order chi connectivity index (χ1) is 16.9. The second kappa shape index (κ2) is 12.4. The molecule has 1 saturated heterocycles. The van der Waals surface area contributed by atoms with Gasteiger partial charge in [-0.2, -0.15) is 11.8 Å². The third-order valence-electron chi connectivity index (χ3n) is 5.53. The second-order valence-electron chi connectivity index (χ2n) is 7.94. The van der Waals surface area contributed by atoms with Crippen molar-refractivity contribution in [3.63, 3.8) is 0 Å². The minimum absolute atomic E-state index is 0.0803. The zero-order chi connectivity index (χ0) is 24.8. The molecule has 1 aliphatic rings. The molecule has 1 atom stereocenters. The van der Waals surface area contributed by atoms with Crippen LogP contribution in [0.5, 0.6) is 0 Å². The summed E-state index contributed by atoms with van der Waals surface area (Å²) in [5, 5.41) is 4.85. The van der Waals surface area contributed by atoms with Gasteiger partial charge in [-0.3, -0.25) is 9.59 Å². The van der Waals surface area contributed by atoms with Crippen LogP contribution >= 0.6 is 58.3 Å². The van der Waals surface area contributed by atoms with Gasteiger partial charge in [-0.1, -0.05) is 65.1 Å². The molecule has 1 N–H and O–H groups in total. The molecule has 35 heavy (non-hydrogen) atoms. The van der Waals surface area contributed by atoms with E-state index < -0.39 is 0 Å². The van der Waals surface area contributed by atoms with Gasteiger partial charge in [0.1, 0.15) is 5.37 Å². The fourth-order valence-corrected chi connectivity index (χ4v) is 6.58. The first-order valence-electron chi connectivity index (χ1n) is 11.0. The molecule has 1 aliphatic heterocycles. The quantitative estimate of drug-likeness (QED) is 0.282. The van der Waals surface area contributed by atoms with Gasteiger partial charge in [0, 0.05) is 45.2 Å². The number of hydrogen-bond acceptors (Lipinski definition) is 4. The summed E-state index contributed by atoms with van der Waals surface area (Å²) in [5.74, 6) is 1.85. The predicted molar refractivity (Wildman–Crippen MR) is 149 cm³/mol. The van der Waals surface area contributed by atoms with Crippen LogP contribution < -0.4 is 5.32 Å². The molecule has 0 spiro atoms. The van der Waals surface area contributed by atoms with Gasteiger partial charge < -0.3 is 10.2 Å². The number of benzene rings is 3. The summed E-state index contributed by atoms with van der Waals surface area (Å²) in [7, 11) is 0. The molecule has 0 aromatic heterocycles. The fourth-order valence-electron chi connectivity index (χ4n) is 3.67. The van der Waals surface area contributed by atoms with Crippen LogP contribution in [0.3, 0.4) is 0 Å². The van der Waals surface area contributed by atoms with E-state index in [1.54, 1.807) is 23.5 Å². The molecule has 1 fully saturated rings. The summed E-state index contributed by atoms with van der Waals surface area (Å²) in [6.45, 7) is 1.06. The summed E-state index contributed by atoms with van der Waals surface area (Å²) in [4.78, 5) is 26.9. The number of nitrogens with one attached hydrogen (secondary N) is 1.